The molecule has 0 aliphatic carbocycles. The van der Waals surface area contributed by atoms with E-state index in [-0.39, 0.29) is 5.91 Å². The molecule has 2 heterocycles. The fourth-order valence-electron chi connectivity index (χ4n) is 2.41. The van der Waals surface area contributed by atoms with Gasteiger partial charge in [-0.1, -0.05) is 12.1 Å². The molecule has 6 nitrogen and oxygen atoms in total. The van der Waals surface area contributed by atoms with Crippen molar-refractivity contribution in [2.45, 2.75) is 0 Å². The second-order valence-corrected chi connectivity index (χ2v) is 6.15. The van der Waals surface area contributed by atoms with E-state index in [1.54, 1.807) is 25.4 Å². The first-order valence-electron chi connectivity index (χ1n) is 7.69. The van der Waals surface area contributed by atoms with Crippen LogP contribution in [-0.2, 0) is 4.74 Å². The SMILES string of the molecule is COC(=O)c1c(-c2ccc(OC)cc2)csc1NC(=O)c1cccnc1. The fourth-order valence-corrected chi connectivity index (χ4v) is 3.36. The van der Waals surface area contributed by atoms with Crippen molar-refractivity contribution >= 4 is 28.2 Å². The number of hydrogen-bond donors (Lipinski definition) is 1. The van der Waals surface area contributed by atoms with Crippen LogP contribution in [0, 0.1) is 0 Å². The Morgan fingerprint density at radius 1 is 1.12 bits per heavy atom. The van der Waals surface area contributed by atoms with E-state index >= 15 is 0 Å². The highest BCUT2D eigenvalue weighted by atomic mass is 32.1. The molecule has 0 bridgehead atoms. The summed E-state index contributed by atoms with van der Waals surface area (Å²) >= 11 is 1.26. The van der Waals surface area contributed by atoms with Gasteiger partial charge in [-0.25, -0.2) is 4.79 Å². The third-order valence-corrected chi connectivity index (χ3v) is 4.63. The van der Waals surface area contributed by atoms with Crippen LogP contribution < -0.4 is 10.1 Å². The van der Waals surface area contributed by atoms with Crippen LogP contribution in [0.15, 0.2) is 54.2 Å². The summed E-state index contributed by atoms with van der Waals surface area (Å²) in [5.74, 6) is -0.140. The molecule has 0 fully saturated rings. The zero-order valence-electron chi connectivity index (χ0n) is 14.2. The third kappa shape index (κ3) is 3.57. The first kappa shape index (κ1) is 17.6. The van der Waals surface area contributed by atoms with E-state index in [1.165, 1.54) is 24.6 Å². The number of carbonyl (C=O) groups is 2. The molecule has 7 heteroatoms. The summed E-state index contributed by atoms with van der Waals surface area (Å²) in [6.07, 6.45) is 3.05. The van der Waals surface area contributed by atoms with Gasteiger partial charge in [0.2, 0.25) is 0 Å². The van der Waals surface area contributed by atoms with E-state index < -0.39 is 5.97 Å². The molecule has 0 aliphatic rings. The summed E-state index contributed by atoms with van der Waals surface area (Å²) in [5, 5.41) is 5.01. The quantitative estimate of drug-likeness (QED) is 0.692. The summed E-state index contributed by atoms with van der Waals surface area (Å²) in [4.78, 5) is 28.6. The summed E-state index contributed by atoms with van der Waals surface area (Å²) in [5.41, 5.74) is 2.23. The molecule has 132 valence electrons. The maximum absolute atomic E-state index is 12.4. The van der Waals surface area contributed by atoms with Crippen LogP contribution in [0.2, 0.25) is 0 Å². The second kappa shape index (κ2) is 7.79. The van der Waals surface area contributed by atoms with E-state index in [2.05, 4.69) is 10.3 Å². The smallest absolute Gasteiger partial charge is 0.341 e. The maximum Gasteiger partial charge on any atom is 0.341 e. The number of amides is 1. The van der Waals surface area contributed by atoms with Crippen molar-refractivity contribution in [3.8, 4) is 16.9 Å². The van der Waals surface area contributed by atoms with Gasteiger partial charge in [-0.05, 0) is 29.8 Å². The number of pyridine rings is 1. The van der Waals surface area contributed by atoms with E-state index in [4.69, 9.17) is 9.47 Å². The Kier molecular flexibility index (Phi) is 5.28. The topological polar surface area (TPSA) is 77.5 Å². The van der Waals surface area contributed by atoms with Crippen LogP contribution in [0.25, 0.3) is 11.1 Å². The summed E-state index contributed by atoms with van der Waals surface area (Å²) in [6.45, 7) is 0. The number of carbonyl (C=O) groups excluding carboxylic acids is 2. The summed E-state index contributed by atoms with van der Waals surface area (Å²) in [6, 6.07) is 10.6. The van der Waals surface area contributed by atoms with Gasteiger partial charge in [-0.2, -0.15) is 0 Å². The van der Waals surface area contributed by atoms with Crippen molar-refractivity contribution in [2.75, 3.05) is 19.5 Å². The minimum Gasteiger partial charge on any atom is -0.497 e. The number of hydrogen-bond acceptors (Lipinski definition) is 6. The zero-order chi connectivity index (χ0) is 18.5. The molecule has 0 unspecified atom stereocenters. The Balaban J connectivity index is 1.97. The summed E-state index contributed by atoms with van der Waals surface area (Å²) < 4.78 is 10.1. The van der Waals surface area contributed by atoms with Gasteiger partial charge in [0, 0.05) is 23.3 Å². The Hall–Kier alpha value is -3.19. The van der Waals surface area contributed by atoms with Crippen molar-refractivity contribution in [3.05, 3.63) is 65.3 Å². The number of esters is 1. The van der Waals surface area contributed by atoms with Gasteiger partial charge in [-0.3, -0.25) is 9.78 Å². The van der Waals surface area contributed by atoms with E-state index in [0.717, 1.165) is 5.56 Å². The standard InChI is InChI=1S/C19H16N2O4S/c1-24-14-7-5-12(6-8-14)15-11-26-18(16(15)19(23)25-2)21-17(22)13-4-3-9-20-10-13/h3-11H,1-2H3,(H,21,22). The molecule has 3 rings (SSSR count). The van der Waals surface area contributed by atoms with Gasteiger partial charge < -0.3 is 14.8 Å². The molecular weight excluding hydrogens is 352 g/mol. The van der Waals surface area contributed by atoms with Gasteiger partial charge in [0.15, 0.2) is 0 Å². The van der Waals surface area contributed by atoms with Gasteiger partial charge in [0.25, 0.3) is 5.91 Å². The largest absolute Gasteiger partial charge is 0.497 e. The average molecular weight is 368 g/mol. The predicted molar refractivity (Wildman–Crippen MR) is 99.8 cm³/mol. The molecule has 0 saturated carbocycles. The van der Waals surface area contributed by atoms with Crippen LogP contribution in [0.1, 0.15) is 20.7 Å². The van der Waals surface area contributed by atoms with Gasteiger partial charge in [0.1, 0.15) is 16.3 Å². The Bertz CT molecular complexity index is 920. The molecule has 1 N–H and O–H groups in total. The Labute approximate surface area is 154 Å². The molecular formula is C19H16N2O4S. The molecule has 0 spiro atoms. The van der Waals surface area contributed by atoms with Crippen LogP contribution >= 0.6 is 11.3 Å². The van der Waals surface area contributed by atoms with Crippen molar-refractivity contribution in [1.29, 1.82) is 0 Å². The Morgan fingerprint density at radius 3 is 2.50 bits per heavy atom. The lowest BCUT2D eigenvalue weighted by atomic mass is 10.0. The number of ether oxygens (including phenoxy) is 2. The molecule has 1 aromatic carbocycles. The molecule has 0 aliphatic heterocycles. The number of aromatic nitrogens is 1. The monoisotopic (exact) mass is 368 g/mol. The van der Waals surface area contributed by atoms with Gasteiger partial charge in [0.05, 0.1) is 19.8 Å². The first-order chi connectivity index (χ1) is 12.6. The highest BCUT2D eigenvalue weighted by Gasteiger charge is 2.22. The molecule has 2 aromatic heterocycles. The minimum atomic E-state index is -0.515. The van der Waals surface area contributed by atoms with Crippen LogP contribution in [-0.4, -0.2) is 31.1 Å². The predicted octanol–water partition coefficient (Wildman–Crippen LogP) is 3.86. The van der Waals surface area contributed by atoms with E-state index in [1.807, 2.05) is 29.6 Å². The maximum atomic E-state index is 12.4. The second-order valence-electron chi connectivity index (χ2n) is 5.27. The highest BCUT2D eigenvalue weighted by Crippen LogP contribution is 2.37. The third-order valence-electron chi connectivity index (χ3n) is 3.73. The van der Waals surface area contributed by atoms with Crippen LogP contribution in [0.4, 0.5) is 5.00 Å². The fraction of sp³-hybridized carbons (Fsp3) is 0.105. The molecule has 0 radical (unpaired) electrons. The van der Waals surface area contributed by atoms with E-state index in [9.17, 15) is 9.59 Å². The lowest BCUT2D eigenvalue weighted by molar-refractivity contribution is 0.0603. The number of benzene rings is 1. The molecule has 3 aromatic rings. The number of anilines is 1. The molecule has 1 amide bonds. The zero-order valence-corrected chi connectivity index (χ0v) is 15.0. The average Bonchev–Trinajstić information content (AvgIpc) is 3.11. The van der Waals surface area contributed by atoms with Gasteiger partial charge >= 0.3 is 5.97 Å². The first-order valence-corrected chi connectivity index (χ1v) is 8.57. The van der Waals surface area contributed by atoms with E-state index in [0.29, 0.717) is 27.4 Å². The highest BCUT2D eigenvalue weighted by molar-refractivity contribution is 7.15. The van der Waals surface area contributed by atoms with Crippen molar-refractivity contribution < 1.29 is 19.1 Å². The lowest BCUT2D eigenvalue weighted by Crippen LogP contribution is -2.14. The molecule has 0 atom stereocenters. The number of thiophene rings is 1. The Morgan fingerprint density at radius 2 is 1.88 bits per heavy atom. The van der Waals surface area contributed by atoms with Gasteiger partial charge in [-0.15, -0.1) is 11.3 Å². The number of methoxy groups -OCH3 is 2. The van der Waals surface area contributed by atoms with Crippen LogP contribution in [0.3, 0.4) is 0 Å². The van der Waals surface area contributed by atoms with Crippen molar-refractivity contribution in [3.63, 3.8) is 0 Å². The number of nitrogens with zero attached hydrogens (tertiary/aromatic N) is 1. The van der Waals surface area contributed by atoms with Crippen LogP contribution in [0.5, 0.6) is 5.75 Å². The number of rotatable bonds is 5. The van der Waals surface area contributed by atoms with Crippen molar-refractivity contribution in [2.24, 2.45) is 0 Å². The molecule has 26 heavy (non-hydrogen) atoms. The van der Waals surface area contributed by atoms with Crippen molar-refractivity contribution in [1.82, 2.24) is 4.98 Å². The lowest BCUT2D eigenvalue weighted by Gasteiger charge is -2.08. The molecule has 0 saturated heterocycles. The minimum absolute atomic E-state index is 0.319. The summed E-state index contributed by atoms with van der Waals surface area (Å²) in [7, 11) is 2.90. The normalized spacial score (nSPS) is 10.2. The number of nitrogens with one attached hydrogen (secondary N) is 1.